The summed E-state index contributed by atoms with van der Waals surface area (Å²) in [5, 5.41) is 10.1. The zero-order chi connectivity index (χ0) is 14.1. The molecular weight excluding hydrogens is 240 g/mol. The monoisotopic (exact) mass is 262 g/mol. The number of carbonyl (C=O) groups is 1. The molecule has 2 rings (SSSR count). The second-order valence-electron chi connectivity index (χ2n) is 5.90. The van der Waals surface area contributed by atoms with Crippen LogP contribution in [0.25, 0.3) is 0 Å². The summed E-state index contributed by atoms with van der Waals surface area (Å²) < 4.78 is 0. The Morgan fingerprint density at radius 2 is 2.05 bits per heavy atom. The number of amides is 1. The number of β-amino-alcohol motifs (C(OH)–C–C–N with tert-alkyl or cyclic N) is 1. The Hall–Kier alpha value is -1.39. The van der Waals surface area contributed by atoms with Gasteiger partial charge in [0.2, 0.25) is 5.91 Å². The van der Waals surface area contributed by atoms with E-state index in [4.69, 9.17) is 5.73 Å². The number of aliphatic hydroxyl groups is 1. The van der Waals surface area contributed by atoms with Crippen molar-refractivity contribution in [2.24, 2.45) is 5.73 Å². The first-order chi connectivity index (χ1) is 8.83. The van der Waals surface area contributed by atoms with Crippen molar-refractivity contribution in [1.29, 1.82) is 0 Å². The average Bonchev–Trinajstić information content (AvgIpc) is 2.37. The fraction of sp³-hybridized carbons (Fsp3) is 0.533. The van der Waals surface area contributed by atoms with Crippen LogP contribution in [0.5, 0.6) is 0 Å². The molecule has 2 unspecified atom stereocenters. The highest BCUT2D eigenvalue weighted by Crippen LogP contribution is 2.26. The van der Waals surface area contributed by atoms with Gasteiger partial charge < -0.3 is 15.7 Å². The van der Waals surface area contributed by atoms with Gasteiger partial charge in [-0.15, -0.1) is 0 Å². The molecule has 4 heteroatoms. The SMILES string of the molecule is CC1(O)CCCN(C(=O)C(C)(N)c2ccccc2)C1. The molecule has 19 heavy (non-hydrogen) atoms. The van der Waals surface area contributed by atoms with Crippen LogP contribution < -0.4 is 5.73 Å². The van der Waals surface area contributed by atoms with Crippen molar-refractivity contribution in [2.75, 3.05) is 13.1 Å². The fourth-order valence-electron chi connectivity index (χ4n) is 2.63. The van der Waals surface area contributed by atoms with Gasteiger partial charge in [0, 0.05) is 13.1 Å². The minimum atomic E-state index is -1.05. The number of hydrogen-bond acceptors (Lipinski definition) is 3. The van der Waals surface area contributed by atoms with Crippen molar-refractivity contribution in [3.05, 3.63) is 35.9 Å². The van der Waals surface area contributed by atoms with E-state index in [1.54, 1.807) is 18.7 Å². The van der Waals surface area contributed by atoms with Crippen molar-refractivity contribution < 1.29 is 9.90 Å². The molecule has 1 aliphatic rings. The summed E-state index contributed by atoms with van der Waals surface area (Å²) in [5.41, 5.74) is 5.17. The Morgan fingerprint density at radius 1 is 1.42 bits per heavy atom. The van der Waals surface area contributed by atoms with Gasteiger partial charge in [0.05, 0.1) is 5.60 Å². The number of benzene rings is 1. The summed E-state index contributed by atoms with van der Waals surface area (Å²) >= 11 is 0. The van der Waals surface area contributed by atoms with E-state index in [1.807, 2.05) is 30.3 Å². The van der Waals surface area contributed by atoms with Crippen LogP contribution in [0.2, 0.25) is 0 Å². The fourth-order valence-corrected chi connectivity index (χ4v) is 2.63. The molecule has 1 saturated heterocycles. The lowest BCUT2D eigenvalue weighted by Crippen LogP contribution is -2.56. The molecule has 4 nitrogen and oxygen atoms in total. The van der Waals surface area contributed by atoms with E-state index in [0.717, 1.165) is 18.4 Å². The van der Waals surface area contributed by atoms with E-state index in [2.05, 4.69) is 0 Å². The third-order valence-electron chi connectivity index (χ3n) is 3.78. The van der Waals surface area contributed by atoms with Crippen LogP contribution in [0.3, 0.4) is 0 Å². The highest BCUT2D eigenvalue weighted by Gasteiger charge is 2.38. The molecule has 1 aromatic rings. The molecule has 1 aliphatic heterocycles. The zero-order valence-electron chi connectivity index (χ0n) is 11.6. The Kier molecular flexibility index (Phi) is 3.65. The number of hydrogen-bond donors (Lipinski definition) is 2. The quantitative estimate of drug-likeness (QED) is 0.842. The Labute approximate surface area is 114 Å². The number of carbonyl (C=O) groups excluding carboxylic acids is 1. The molecule has 0 bridgehead atoms. The van der Waals surface area contributed by atoms with Crippen molar-refractivity contribution in [3.63, 3.8) is 0 Å². The number of piperidine rings is 1. The minimum absolute atomic E-state index is 0.126. The maximum atomic E-state index is 12.6. The van der Waals surface area contributed by atoms with Crippen LogP contribution >= 0.6 is 0 Å². The summed E-state index contributed by atoms with van der Waals surface area (Å²) in [4.78, 5) is 14.3. The van der Waals surface area contributed by atoms with Crippen molar-refractivity contribution >= 4 is 5.91 Å². The van der Waals surface area contributed by atoms with Gasteiger partial charge in [0.15, 0.2) is 0 Å². The van der Waals surface area contributed by atoms with E-state index >= 15 is 0 Å². The smallest absolute Gasteiger partial charge is 0.247 e. The van der Waals surface area contributed by atoms with Crippen molar-refractivity contribution in [2.45, 2.75) is 37.8 Å². The van der Waals surface area contributed by atoms with Crippen LogP contribution in [0, 0.1) is 0 Å². The van der Waals surface area contributed by atoms with Gasteiger partial charge in [0.1, 0.15) is 5.54 Å². The predicted octanol–water partition coefficient (Wildman–Crippen LogP) is 1.23. The highest BCUT2D eigenvalue weighted by molar-refractivity contribution is 5.87. The van der Waals surface area contributed by atoms with Crippen molar-refractivity contribution in [3.8, 4) is 0 Å². The van der Waals surface area contributed by atoms with Gasteiger partial charge in [-0.2, -0.15) is 0 Å². The summed E-state index contributed by atoms with van der Waals surface area (Å²) in [6.45, 7) is 4.51. The maximum Gasteiger partial charge on any atom is 0.247 e. The first-order valence-corrected chi connectivity index (χ1v) is 6.69. The van der Waals surface area contributed by atoms with Crippen LogP contribution in [-0.4, -0.2) is 34.6 Å². The van der Waals surface area contributed by atoms with Crippen LogP contribution in [0.15, 0.2) is 30.3 Å². The molecule has 1 aromatic carbocycles. The Morgan fingerprint density at radius 3 is 2.63 bits per heavy atom. The lowest BCUT2D eigenvalue weighted by atomic mass is 9.88. The average molecular weight is 262 g/mol. The normalized spacial score (nSPS) is 26.8. The van der Waals surface area contributed by atoms with Gasteiger partial charge in [-0.25, -0.2) is 0 Å². The van der Waals surface area contributed by atoms with Crippen LogP contribution in [0.1, 0.15) is 32.3 Å². The molecule has 104 valence electrons. The van der Waals surface area contributed by atoms with E-state index < -0.39 is 11.1 Å². The highest BCUT2D eigenvalue weighted by atomic mass is 16.3. The lowest BCUT2D eigenvalue weighted by molar-refractivity contribution is -0.143. The molecular formula is C15H22N2O2. The van der Waals surface area contributed by atoms with E-state index in [-0.39, 0.29) is 5.91 Å². The number of nitrogens with two attached hydrogens (primary N) is 1. The molecule has 1 heterocycles. The second-order valence-corrected chi connectivity index (χ2v) is 5.90. The Bertz CT molecular complexity index is 454. The largest absolute Gasteiger partial charge is 0.388 e. The molecule has 0 spiro atoms. The summed E-state index contributed by atoms with van der Waals surface area (Å²) in [6.07, 6.45) is 1.53. The molecule has 3 N–H and O–H groups in total. The second kappa shape index (κ2) is 4.94. The van der Waals surface area contributed by atoms with E-state index in [9.17, 15) is 9.90 Å². The van der Waals surface area contributed by atoms with Gasteiger partial charge in [0.25, 0.3) is 0 Å². The summed E-state index contributed by atoms with van der Waals surface area (Å²) in [7, 11) is 0. The summed E-state index contributed by atoms with van der Waals surface area (Å²) in [6, 6.07) is 9.37. The zero-order valence-corrected chi connectivity index (χ0v) is 11.6. The topological polar surface area (TPSA) is 66.6 Å². The minimum Gasteiger partial charge on any atom is -0.388 e. The molecule has 1 amide bonds. The predicted molar refractivity (Wildman–Crippen MR) is 74.4 cm³/mol. The number of nitrogens with zero attached hydrogens (tertiary/aromatic N) is 1. The molecule has 0 aromatic heterocycles. The lowest BCUT2D eigenvalue weighted by Gasteiger charge is -2.40. The number of likely N-dealkylation sites (tertiary alicyclic amines) is 1. The third-order valence-corrected chi connectivity index (χ3v) is 3.78. The van der Waals surface area contributed by atoms with Gasteiger partial charge >= 0.3 is 0 Å². The first kappa shape index (κ1) is 14.0. The molecule has 1 fully saturated rings. The summed E-state index contributed by atoms with van der Waals surface area (Å²) in [5.74, 6) is -0.126. The standard InChI is InChI=1S/C15H22N2O2/c1-14(19)9-6-10-17(11-14)13(18)15(2,16)12-7-4-3-5-8-12/h3-5,7-8,19H,6,9-11,16H2,1-2H3. The maximum absolute atomic E-state index is 12.6. The molecule has 0 radical (unpaired) electrons. The van der Waals surface area contributed by atoms with Crippen LogP contribution in [-0.2, 0) is 10.3 Å². The van der Waals surface area contributed by atoms with Crippen LogP contribution in [0.4, 0.5) is 0 Å². The third kappa shape index (κ3) is 2.96. The molecule has 2 atom stereocenters. The first-order valence-electron chi connectivity index (χ1n) is 6.69. The van der Waals surface area contributed by atoms with Gasteiger partial charge in [-0.05, 0) is 32.3 Å². The van der Waals surface area contributed by atoms with Gasteiger partial charge in [-0.1, -0.05) is 30.3 Å². The van der Waals surface area contributed by atoms with E-state index in [1.165, 1.54) is 0 Å². The van der Waals surface area contributed by atoms with Gasteiger partial charge in [-0.3, -0.25) is 4.79 Å². The van der Waals surface area contributed by atoms with Crippen molar-refractivity contribution in [1.82, 2.24) is 4.90 Å². The van der Waals surface area contributed by atoms with E-state index in [0.29, 0.717) is 13.1 Å². The number of rotatable bonds is 2. The molecule has 0 aliphatic carbocycles. The Balaban J connectivity index is 2.19. The molecule has 0 saturated carbocycles.